The van der Waals surface area contributed by atoms with Crippen LogP contribution in [0.2, 0.25) is 0 Å². The number of ether oxygens (including phenoxy) is 2. The van der Waals surface area contributed by atoms with Gasteiger partial charge in [0.2, 0.25) is 0 Å². The van der Waals surface area contributed by atoms with Crippen molar-refractivity contribution in [2.45, 2.75) is 6.11 Å². The molecule has 0 aliphatic carbocycles. The van der Waals surface area contributed by atoms with Crippen LogP contribution in [0.5, 0.6) is 11.5 Å². The van der Waals surface area contributed by atoms with Crippen LogP contribution in [0.3, 0.4) is 0 Å². The summed E-state index contributed by atoms with van der Waals surface area (Å²) >= 11 is 0. The smallest absolute Gasteiger partial charge is 0.432 e. The predicted octanol–water partition coefficient (Wildman–Crippen LogP) is 11.0. The largest absolute Gasteiger partial charge is 0.495 e. The first-order valence-corrected chi connectivity index (χ1v) is 14.5. The third-order valence-corrected chi connectivity index (χ3v) is 7.66. The van der Waals surface area contributed by atoms with Crippen molar-refractivity contribution < 1.29 is 57.8 Å². The Bertz CT molecular complexity index is 2410. The lowest BCUT2D eigenvalue weighted by molar-refractivity contribution is -0.189. The van der Waals surface area contributed by atoms with Crippen LogP contribution in [0.15, 0.2) is 84.9 Å². The summed E-state index contributed by atoms with van der Waals surface area (Å²) in [5.41, 5.74) is -2.95. The highest BCUT2D eigenvalue weighted by molar-refractivity contribution is 5.85. The van der Waals surface area contributed by atoms with Gasteiger partial charge < -0.3 is 9.47 Å². The fraction of sp³-hybridized carbons (Fsp3) is 0.0526. The summed E-state index contributed by atoms with van der Waals surface area (Å²) in [6, 6.07) is 12.6. The minimum Gasteiger partial charge on any atom is -0.495 e. The third kappa shape index (κ3) is 6.64. The van der Waals surface area contributed by atoms with Crippen LogP contribution < -0.4 is 9.47 Å². The van der Waals surface area contributed by atoms with Crippen LogP contribution in [0.1, 0.15) is 16.7 Å². The van der Waals surface area contributed by atoms with E-state index in [2.05, 4.69) is 16.6 Å². The molecule has 0 saturated carbocycles. The number of benzene rings is 6. The minimum atomic E-state index is -4.85. The van der Waals surface area contributed by atoms with E-state index in [1.165, 1.54) is 43.5 Å². The van der Waals surface area contributed by atoms with Crippen LogP contribution in [-0.2, 0) is 6.11 Å². The number of hydrogen-bond donors (Lipinski definition) is 0. The van der Waals surface area contributed by atoms with Crippen LogP contribution in [0.25, 0.3) is 33.0 Å². The van der Waals surface area contributed by atoms with E-state index < -0.39 is 91.7 Å². The second kappa shape index (κ2) is 13.4. The lowest BCUT2D eigenvalue weighted by Gasteiger charge is -2.20. The Morgan fingerprint density at radius 3 is 1.86 bits per heavy atom. The van der Waals surface area contributed by atoms with Gasteiger partial charge in [-0.15, -0.1) is 0 Å². The molecular weight excluding hydrogens is 697 g/mol. The summed E-state index contributed by atoms with van der Waals surface area (Å²) in [6.45, 7) is 0. The van der Waals surface area contributed by atoms with E-state index >= 15 is 26.3 Å². The molecule has 0 heterocycles. The molecule has 13 heteroatoms. The maximum Gasteiger partial charge on any atom is 0.432 e. The SMILES string of the molecule is COc1cccc(F)c1C#Cc1ccc(-c2ccc(-c3cc(F)c(C(F)(F)Oc4cc(F)c5c(F)c(F)c(F)cc5c4)c(F)c3)c(F)c2)c(F)c1. The monoisotopic (exact) mass is 714 g/mol. The second-order valence-corrected chi connectivity index (χ2v) is 10.9. The first-order valence-electron chi connectivity index (χ1n) is 14.5. The number of methoxy groups -OCH3 is 1. The molecule has 0 saturated heterocycles. The Balaban J connectivity index is 1.26. The minimum absolute atomic E-state index is 0.00773. The standard InChI is InChI=1S/C38H17F11O2/c1-50-33-4-2-3-26(39)25(33)9-6-18-5-8-23(27(40)11-18)19-7-10-24(28(41)13-19)20-14-30(43)35(31(44)15-20)38(48,49)51-22-12-21-16-32(45)36(46)37(47)34(21)29(42)17-22/h2-5,7-8,10-17H,1H3. The van der Waals surface area contributed by atoms with E-state index in [1.54, 1.807) is 0 Å². The average Bonchev–Trinajstić information content (AvgIpc) is 3.05. The molecule has 258 valence electrons. The molecular formula is C38H17F11O2. The maximum absolute atomic E-state index is 15.3. The molecule has 0 aromatic heterocycles. The average molecular weight is 715 g/mol. The summed E-state index contributed by atoms with van der Waals surface area (Å²) in [6.07, 6.45) is -4.85. The van der Waals surface area contributed by atoms with Crippen LogP contribution in [0, 0.1) is 64.2 Å². The topological polar surface area (TPSA) is 18.5 Å². The highest BCUT2D eigenvalue weighted by Crippen LogP contribution is 2.40. The van der Waals surface area contributed by atoms with Gasteiger partial charge in [0.25, 0.3) is 0 Å². The first-order chi connectivity index (χ1) is 24.2. The molecule has 51 heavy (non-hydrogen) atoms. The summed E-state index contributed by atoms with van der Waals surface area (Å²) in [5.74, 6) is -9.50. The molecule has 0 unspecified atom stereocenters. The van der Waals surface area contributed by atoms with Gasteiger partial charge in [-0.2, -0.15) is 8.78 Å². The zero-order chi connectivity index (χ0) is 36.8. The molecule has 0 N–H and O–H groups in total. The van der Waals surface area contributed by atoms with E-state index in [-0.39, 0.29) is 34.1 Å². The molecule has 6 aromatic rings. The highest BCUT2D eigenvalue weighted by atomic mass is 19.3. The molecule has 6 rings (SSSR count). The molecule has 6 aromatic carbocycles. The molecule has 2 nitrogen and oxygen atoms in total. The van der Waals surface area contributed by atoms with E-state index in [0.29, 0.717) is 24.3 Å². The van der Waals surface area contributed by atoms with Crippen molar-refractivity contribution in [3.8, 4) is 45.6 Å². The highest BCUT2D eigenvalue weighted by Gasteiger charge is 2.41. The van der Waals surface area contributed by atoms with Crippen LogP contribution >= 0.6 is 0 Å². The summed E-state index contributed by atoms with van der Waals surface area (Å²) in [4.78, 5) is 0. The van der Waals surface area contributed by atoms with Gasteiger partial charge in [-0.05, 0) is 71.1 Å². The maximum atomic E-state index is 15.3. The van der Waals surface area contributed by atoms with E-state index in [1.807, 2.05) is 0 Å². The summed E-state index contributed by atoms with van der Waals surface area (Å²) < 4.78 is 170. The Morgan fingerprint density at radius 1 is 0.549 bits per heavy atom. The number of fused-ring (bicyclic) bond motifs is 1. The predicted molar refractivity (Wildman–Crippen MR) is 164 cm³/mol. The molecule has 0 atom stereocenters. The Labute approximate surface area is 281 Å². The van der Waals surface area contributed by atoms with Gasteiger partial charge in [-0.3, -0.25) is 0 Å². The van der Waals surface area contributed by atoms with Crippen LogP contribution in [0.4, 0.5) is 48.3 Å². The first kappa shape index (κ1) is 34.8. The van der Waals surface area contributed by atoms with E-state index in [4.69, 9.17) is 4.74 Å². The van der Waals surface area contributed by atoms with Crippen LogP contribution in [-0.4, -0.2) is 7.11 Å². The number of hydrogen-bond acceptors (Lipinski definition) is 2. The second-order valence-electron chi connectivity index (χ2n) is 10.9. The lowest BCUT2D eigenvalue weighted by atomic mass is 9.97. The van der Waals surface area contributed by atoms with Gasteiger partial charge in [-0.25, -0.2) is 39.5 Å². The fourth-order valence-corrected chi connectivity index (χ4v) is 5.30. The molecule has 0 amide bonds. The van der Waals surface area contributed by atoms with Crippen molar-refractivity contribution in [1.29, 1.82) is 0 Å². The van der Waals surface area contributed by atoms with Crippen molar-refractivity contribution in [2.24, 2.45) is 0 Å². The van der Waals surface area contributed by atoms with Gasteiger partial charge in [-0.1, -0.05) is 36.1 Å². The number of halogens is 11. The molecule has 0 bridgehead atoms. The van der Waals surface area contributed by atoms with Crippen molar-refractivity contribution in [2.75, 3.05) is 7.11 Å². The van der Waals surface area contributed by atoms with Crippen molar-refractivity contribution >= 4 is 10.8 Å². The van der Waals surface area contributed by atoms with Gasteiger partial charge in [0, 0.05) is 22.8 Å². The molecule has 0 radical (unpaired) electrons. The Kier molecular flexibility index (Phi) is 9.12. The van der Waals surface area contributed by atoms with Gasteiger partial charge in [0.1, 0.15) is 57.5 Å². The Hall–Kier alpha value is -6.03. The summed E-state index contributed by atoms with van der Waals surface area (Å²) in [7, 11) is 1.33. The normalized spacial score (nSPS) is 11.4. The zero-order valence-electron chi connectivity index (χ0n) is 25.6. The third-order valence-electron chi connectivity index (χ3n) is 7.66. The van der Waals surface area contributed by atoms with Crippen molar-refractivity contribution in [3.63, 3.8) is 0 Å². The van der Waals surface area contributed by atoms with E-state index in [9.17, 15) is 22.0 Å². The zero-order valence-corrected chi connectivity index (χ0v) is 25.6. The summed E-state index contributed by atoms with van der Waals surface area (Å²) in [5, 5.41) is -1.80. The van der Waals surface area contributed by atoms with E-state index in [0.717, 1.165) is 18.2 Å². The molecule has 0 aliphatic rings. The number of rotatable bonds is 6. The number of alkyl halides is 2. The van der Waals surface area contributed by atoms with Gasteiger partial charge >= 0.3 is 6.11 Å². The molecule has 0 spiro atoms. The Morgan fingerprint density at radius 2 is 1.20 bits per heavy atom. The quantitative estimate of drug-likeness (QED) is 0.0972. The molecule has 0 aliphatic heterocycles. The van der Waals surface area contributed by atoms with Crippen molar-refractivity contribution in [3.05, 3.63) is 154 Å². The van der Waals surface area contributed by atoms with Gasteiger partial charge in [0.05, 0.1) is 12.5 Å². The van der Waals surface area contributed by atoms with Gasteiger partial charge in [0.15, 0.2) is 17.5 Å². The molecule has 0 fully saturated rings. The fourth-order valence-electron chi connectivity index (χ4n) is 5.30. The van der Waals surface area contributed by atoms with Crippen molar-refractivity contribution in [1.82, 2.24) is 0 Å². The lowest BCUT2D eigenvalue weighted by Crippen LogP contribution is -2.25.